The molecule has 0 saturated carbocycles. The number of esters is 1. The number of rotatable bonds is 7. The normalized spacial score (nSPS) is 11.3. The first kappa shape index (κ1) is 16.5. The molecule has 1 rings (SSSR count). The second kappa shape index (κ2) is 8.57. The average Bonchev–Trinajstić information content (AvgIpc) is 2.49. The fourth-order valence-corrected chi connectivity index (χ4v) is 1.56. The summed E-state index contributed by atoms with van der Waals surface area (Å²) in [6, 6.07) is 7.90. The largest absolute Gasteiger partial charge is 0.550 e. The highest BCUT2D eigenvalue weighted by atomic mass is 16.6. The molecule has 0 spiro atoms. The Bertz CT molecular complexity index is 487. The van der Waals surface area contributed by atoms with Crippen molar-refractivity contribution in [2.75, 3.05) is 7.11 Å². The fraction of sp³-hybridized carbons (Fsp3) is 0.357. The summed E-state index contributed by atoms with van der Waals surface area (Å²) >= 11 is 0. The molecule has 1 aromatic rings. The zero-order valence-electron chi connectivity index (χ0n) is 11.5. The van der Waals surface area contributed by atoms with Crippen molar-refractivity contribution in [3.8, 4) is 0 Å². The van der Waals surface area contributed by atoms with Crippen LogP contribution in [-0.4, -0.2) is 31.2 Å². The predicted molar refractivity (Wildman–Crippen MR) is 69.8 cm³/mol. The van der Waals surface area contributed by atoms with E-state index in [2.05, 4.69) is 10.1 Å². The molecule has 1 atom stereocenters. The number of amides is 1. The lowest BCUT2D eigenvalue weighted by Crippen LogP contribution is -2.42. The molecule has 1 N–H and O–H groups in total. The third-order valence-corrected chi connectivity index (χ3v) is 2.63. The molecule has 0 aliphatic carbocycles. The minimum atomic E-state index is -1.32. The SMILES string of the molecule is COC(=O)[C@H](CCC(=O)[O-])NC(=O)OCc1ccccc1. The summed E-state index contributed by atoms with van der Waals surface area (Å²) in [6.45, 7) is 0.0427. The molecule has 0 heterocycles. The monoisotopic (exact) mass is 294 g/mol. The lowest BCUT2D eigenvalue weighted by molar-refractivity contribution is -0.305. The quantitative estimate of drug-likeness (QED) is 0.709. The van der Waals surface area contributed by atoms with Gasteiger partial charge < -0.3 is 24.7 Å². The van der Waals surface area contributed by atoms with E-state index >= 15 is 0 Å². The minimum Gasteiger partial charge on any atom is -0.550 e. The van der Waals surface area contributed by atoms with Crippen molar-refractivity contribution < 1.29 is 29.0 Å². The van der Waals surface area contributed by atoms with Gasteiger partial charge in [0, 0.05) is 5.97 Å². The van der Waals surface area contributed by atoms with E-state index in [1.165, 1.54) is 0 Å². The van der Waals surface area contributed by atoms with Crippen LogP contribution in [0.2, 0.25) is 0 Å². The van der Waals surface area contributed by atoms with E-state index in [4.69, 9.17) is 4.74 Å². The summed E-state index contributed by atoms with van der Waals surface area (Å²) in [5.74, 6) is -2.06. The van der Waals surface area contributed by atoms with E-state index < -0.39 is 24.1 Å². The van der Waals surface area contributed by atoms with Crippen LogP contribution in [0.1, 0.15) is 18.4 Å². The smallest absolute Gasteiger partial charge is 0.408 e. The minimum absolute atomic E-state index is 0.0427. The molecular weight excluding hydrogens is 278 g/mol. The van der Waals surface area contributed by atoms with Gasteiger partial charge in [-0.05, 0) is 18.4 Å². The van der Waals surface area contributed by atoms with Crippen LogP contribution in [0.4, 0.5) is 4.79 Å². The average molecular weight is 294 g/mol. The van der Waals surface area contributed by atoms with Crippen LogP contribution >= 0.6 is 0 Å². The number of benzene rings is 1. The molecular formula is C14H16NO6-. The molecule has 7 nitrogen and oxygen atoms in total. The highest BCUT2D eigenvalue weighted by Gasteiger charge is 2.21. The van der Waals surface area contributed by atoms with Gasteiger partial charge in [-0.15, -0.1) is 0 Å². The second-order valence-electron chi connectivity index (χ2n) is 4.19. The van der Waals surface area contributed by atoms with Crippen LogP contribution in [0.3, 0.4) is 0 Å². The Morgan fingerprint density at radius 1 is 1.24 bits per heavy atom. The van der Waals surface area contributed by atoms with Crippen molar-refractivity contribution in [3.63, 3.8) is 0 Å². The van der Waals surface area contributed by atoms with Crippen LogP contribution in [0, 0.1) is 0 Å². The second-order valence-corrected chi connectivity index (χ2v) is 4.19. The summed E-state index contributed by atoms with van der Waals surface area (Å²) in [6.07, 6.45) is -1.33. The molecule has 21 heavy (non-hydrogen) atoms. The lowest BCUT2D eigenvalue weighted by Gasteiger charge is -2.16. The van der Waals surface area contributed by atoms with Crippen LogP contribution in [0.25, 0.3) is 0 Å². The number of methoxy groups -OCH3 is 1. The first-order valence-electron chi connectivity index (χ1n) is 6.28. The maximum Gasteiger partial charge on any atom is 0.408 e. The molecule has 0 bridgehead atoms. The van der Waals surface area contributed by atoms with Gasteiger partial charge >= 0.3 is 12.1 Å². The summed E-state index contributed by atoms with van der Waals surface area (Å²) in [7, 11) is 1.14. The number of nitrogens with one attached hydrogen (secondary N) is 1. The van der Waals surface area contributed by atoms with Crippen molar-refractivity contribution in [1.82, 2.24) is 5.32 Å². The first-order valence-corrected chi connectivity index (χ1v) is 6.28. The Balaban J connectivity index is 2.47. The molecule has 0 aliphatic heterocycles. The Labute approximate surface area is 121 Å². The van der Waals surface area contributed by atoms with E-state index in [1.807, 2.05) is 6.07 Å². The van der Waals surface area contributed by atoms with Crippen LogP contribution in [0.15, 0.2) is 30.3 Å². The van der Waals surface area contributed by atoms with E-state index in [1.54, 1.807) is 24.3 Å². The number of carbonyl (C=O) groups is 3. The summed E-state index contributed by atoms with van der Waals surface area (Å²) < 4.78 is 9.42. The van der Waals surface area contributed by atoms with E-state index in [0.29, 0.717) is 0 Å². The molecule has 0 saturated heterocycles. The maximum atomic E-state index is 11.6. The summed E-state index contributed by atoms with van der Waals surface area (Å²) in [5.41, 5.74) is 0.789. The van der Waals surface area contributed by atoms with Crippen LogP contribution in [0.5, 0.6) is 0 Å². The van der Waals surface area contributed by atoms with Gasteiger partial charge in [0.25, 0.3) is 0 Å². The van der Waals surface area contributed by atoms with Gasteiger partial charge in [-0.2, -0.15) is 0 Å². The number of ether oxygens (including phenoxy) is 2. The molecule has 1 aromatic carbocycles. The van der Waals surface area contributed by atoms with E-state index in [9.17, 15) is 19.5 Å². The van der Waals surface area contributed by atoms with Crippen molar-refractivity contribution in [3.05, 3.63) is 35.9 Å². The number of alkyl carbamates (subject to hydrolysis) is 1. The fourth-order valence-electron chi connectivity index (χ4n) is 1.56. The van der Waals surface area contributed by atoms with E-state index in [0.717, 1.165) is 12.7 Å². The van der Waals surface area contributed by atoms with Gasteiger partial charge in [-0.3, -0.25) is 0 Å². The van der Waals surface area contributed by atoms with E-state index in [-0.39, 0.29) is 19.4 Å². The van der Waals surface area contributed by atoms with Crippen molar-refractivity contribution in [2.24, 2.45) is 0 Å². The third kappa shape index (κ3) is 6.42. The predicted octanol–water partition coefficient (Wildman–Crippen LogP) is -0.0155. The standard InChI is InChI=1S/C14H17NO6/c1-20-13(18)11(7-8-12(16)17)15-14(19)21-9-10-5-3-2-4-6-10/h2-6,11H,7-9H2,1H3,(H,15,19)(H,16,17)/p-1/t11-/m0/s1. The molecule has 0 aromatic heterocycles. The Hall–Kier alpha value is -2.57. The molecule has 7 heteroatoms. The molecule has 114 valence electrons. The van der Waals surface area contributed by atoms with Gasteiger partial charge in [-0.25, -0.2) is 9.59 Å². The first-order chi connectivity index (χ1) is 10.0. The third-order valence-electron chi connectivity index (χ3n) is 2.63. The molecule has 0 fully saturated rings. The molecule has 0 radical (unpaired) electrons. The highest BCUT2D eigenvalue weighted by Crippen LogP contribution is 2.03. The van der Waals surface area contributed by atoms with Gasteiger partial charge in [-0.1, -0.05) is 30.3 Å². The Morgan fingerprint density at radius 2 is 1.90 bits per heavy atom. The number of carbonyl (C=O) groups excluding carboxylic acids is 3. The number of carboxylic acids is 1. The van der Waals surface area contributed by atoms with Gasteiger partial charge in [0.15, 0.2) is 0 Å². The van der Waals surface area contributed by atoms with Gasteiger partial charge in [0.2, 0.25) is 0 Å². The molecule has 0 unspecified atom stereocenters. The Kier molecular flexibility index (Phi) is 6.73. The van der Waals surface area contributed by atoms with Crippen molar-refractivity contribution >= 4 is 18.0 Å². The topological polar surface area (TPSA) is 105 Å². The maximum absolute atomic E-state index is 11.6. The van der Waals surface area contributed by atoms with Crippen LogP contribution in [-0.2, 0) is 25.7 Å². The number of hydrogen-bond acceptors (Lipinski definition) is 6. The number of hydrogen-bond donors (Lipinski definition) is 1. The number of carboxylic acid groups (broad SMARTS) is 1. The molecule has 1 amide bonds. The van der Waals surface area contributed by atoms with Gasteiger partial charge in [0.1, 0.15) is 12.6 Å². The lowest BCUT2D eigenvalue weighted by atomic mass is 10.1. The molecule has 0 aliphatic rings. The van der Waals surface area contributed by atoms with Crippen molar-refractivity contribution in [2.45, 2.75) is 25.5 Å². The summed E-state index contributed by atoms with van der Waals surface area (Å²) in [4.78, 5) is 33.4. The van der Waals surface area contributed by atoms with Crippen LogP contribution < -0.4 is 10.4 Å². The Morgan fingerprint density at radius 3 is 2.48 bits per heavy atom. The zero-order chi connectivity index (χ0) is 15.7. The van der Waals surface area contributed by atoms with Crippen molar-refractivity contribution in [1.29, 1.82) is 0 Å². The zero-order valence-corrected chi connectivity index (χ0v) is 11.5. The number of aliphatic carboxylic acids is 1. The highest BCUT2D eigenvalue weighted by molar-refractivity contribution is 5.81. The summed E-state index contributed by atoms with van der Waals surface area (Å²) in [5, 5.41) is 12.7. The van der Waals surface area contributed by atoms with Gasteiger partial charge in [0.05, 0.1) is 7.11 Å².